The summed E-state index contributed by atoms with van der Waals surface area (Å²) in [7, 11) is 1.87. The molecule has 18 heavy (non-hydrogen) atoms. The first-order chi connectivity index (χ1) is 8.73. The Morgan fingerprint density at radius 1 is 1.33 bits per heavy atom. The summed E-state index contributed by atoms with van der Waals surface area (Å²) in [4.78, 5) is 2.42. The van der Waals surface area contributed by atoms with Crippen molar-refractivity contribution in [2.75, 3.05) is 25.1 Å². The summed E-state index contributed by atoms with van der Waals surface area (Å²) in [6.07, 6.45) is 6.83. The van der Waals surface area contributed by atoms with Gasteiger partial charge in [0.1, 0.15) is 5.01 Å². The molecule has 1 aliphatic carbocycles. The van der Waals surface area contributed by atoms with Gasteiger partial charge in [-0.3, -0.25) is 0 Å². The molecule has 1 aromatic heterocycles. The molecule has 3 rings (SSSR count). The number of hydrogen-bond donors (Lipinski definition) is 0. The van der Waals surface area contributed by atoms with Gasteiger partial charge in [-0.1, -0.05) is 17.8 Å². The predicted octanol–water partition coefficient (Wildman–Crippen LogP) is 2.63. The highest BCUT2D eigenvalue weighted by atomic mass is 32.1. The van der Waals surface area contributed by atoms with Crippen molar-refractivity contribution in [1.29, 1.82) is 0 Å². The summed E-state index contributed by atoms with van der Waals surface area (Å²) < 4.78 is 5.73. The Hall–Kier alpha value is -0.680. The molecule has 0 N–H and O–H groups in total. The van der Waals surface area contributed by atoms with Crippen molar-refractivity contribution < 1.29 is 4.74 Å². The molecule has 1 saturated carbocycles. The molecule has 100 valence electrons. The van der Waals surface area contributed by atoms with E-state index >= 15 is 0 Å². The van der Waals surface area contributed by atoms with Crippen LogP contribution in [0.5, 0.6) is 0 Å². The van der Waals surface area contributed by atoms with Crippen LogP contribution in [-0.2, 0) is 4.74 Å². The summed E-state index contributed by atoms with van der Waals surface area (Å²) in [5.41, 5.74) is 0.368. The maximum Gasteiger partial charge on any atom is 0.208 e. The Morgan fingerprint density at radius 2 is 2.17 bits per heavy atom. The van der Waals surface area contributed by atoms with Gasteiger partial charge < -0.3 is 9.64 Å². The molecule has 2 heterocycles. The topological polar surface area (TPSA) is 38.2 Å². The van der Waals surface area contributed by atoms with Crippen LogP contribution < -0.4 is 4.90 Å². The van der Waals surface area contributed by atoms with Crippen LogP contribution in [0.15, 0.2) is 0 Å². The fraction of sp³-hybridized carbons (Fsp3) is 0.846. The van der Waals surface area contributed by atoms with E-state index in [0.29, 0.717) is 11.5 Å². The maximum atomic E-state index is 5.73. The van der Waals surface area contributed by atoms with Crippen molar-refractivity contribution >= 4 is 16.5 Å². The van der Waals surface area contributed by atoms with Crippen molar-refractivity contribution in [3.05, 3.63) is 5.01 Å². The quantitative estimate of drug-likeness (QED) is 0.825. The second kappa shape index (κ2) is 4.78. The minimum Gasteiger partial charge on any atom is -0.381 e. The van der Waals surface area contributed by atoms with E-state index in [1.807, 2.05) is 14.0 Å². The Bertz CT molecular complexity index is 422. The fourth-order valence-corrected chi connectivity index (χ4v) is 4.39. The van der Waals surface area contributed by atoms with Gasteiger partial charge in [-0.15, -0.1) is 10.2 Å². The molecule has 2 fully saturated rings. The smallest absolute Gasteiger partial charge is 0.208 e. The van der Waals surface area contributed by atoms with E-state index in [-0.39, 0.29) is 0 Å². The molecule has 1 spiro atoms. The van der Waals surface area contributed by atoms with Crippen molar-refractivity contribution in [2.24, 2.45) is 5.41 Å². The number of ether oxygens (including phenoxy) is 1. The van der Waals surface area contributed by atoms with Crippen LogP contribution >= 0.6 is 11.3 Å². The van der Waals surface area contributed by atoms with E-state index in [0.717, 1.165) is 23.2 Å². The molecule has 0 radical (unpaired) electrons. The number of rotatable bonds is 2. The van der Waals surface area contributed by atoms with Crippen LogP contribution in [-0.4, -0.2) is 36.5 Å². The molecular formula is C13H21N3OS. The third kappa shape index (κ3) is 2.03. The van der Waals surface area contributed by atoms with E-state index in [1.165, 1.54) is 32.1 Å². The van der Waals surface area contributed by atoms with Gasteiger partial charge in [0.25, 0.3) is 0 Å². The average Bonchev–Trinajstić information content (AvgIpc) is 2.96. The number of anilines is 1. The van der Waals surface area contributed by atoms with Crippen LogP contribution in [0.4, 0.5) is 5.13 Å². The molecule has 1 aromatic rings. The Balaban J connectivity index is 1.79. The average molecular weight is 267 g/mol. The minimum absolute atomic E-state index is 0.368. The maximum absolute atomic E-state index is 5.73. The van der Waals surface area contributed by atoms with Crippen LogP contribution in [0.2, 0.25) is 0 Å². The summed E-state index contributed by atoms with van der Waals surface area (Å²) in [5, 5.41) is 10.6. The van der Waals surface area contributed by atoms with Crippen LogP contribution in [0.3, 0.4) is 0 Å². The molecule has 1 aliphatic heterocycles. The van der Waals surface area contributed by atoms with Crippen molar-refractivity contribution in [1.82, 2.24) is 10.2 Å². The fourth-order valence-electron chi connectivity index (χ4n) is 3.68. The normalized spacial score (nSPS) is 32.3. The SMILES string of the molecule is CO[C@@H]1CCC[C@]12CCCN(c1nnc(C)s1)C2. The summed E-state index contributed by atoms with van der Waals surface area (Å²) >= 11 is 1.71. The number of methoxy groups -OCH3 is 1. The van der Waals surface area contributed by atoms with Crippen LogP contribution in [0.1, 0.15) is 37.1 Å². The van der Waals surface area contributed by atoms with Crippen molar-refractivity contribution in [3.63, 3.8) is 0 Å². The zero-order chi connectivity index (χ0) is 12.6. The lowest BCUT2D eigenvalue weighted by Gasteiger charge is -2.43. The Kier molecular flexibility index (Phi) is 3.28. The Morgan fingerprint density at radius 3 is 2.89 bits per heavy atom. The first-order valence-corrected chi connectivity index (χ1v) is 7.63. The molecule has 4 nitrogen and oxygen atoms in total. The zero-order valence-electron chi connectivity index (χ0n) is 11.2. The molecule has 0 unspecified atom stereocenters. The molecule has 2 aliphatic rings. The van der Waals surface area contributed by atoms with Gasteiger partial charge in [0, 0.05) is 25.6 Å². The number of aryl methyl sites for hydroxylation is 1. The first-order valence-electron chi connectivity index (χ1n) is 6.81. The van der Waals surface area contributed by atoms with Crippen molar-refractivity contribution in [2.45, 2.75) is 45.1 Å². The number of piperidine rings is 1. The van der Waals surface area contributed by atoms with Crippen molar-refractivity contribution in [3.8, 4) is 0 Å². The molecule has 0 bridgehead atoms. The lowest BCUT2D eigenvalue weighted by Crippen LogP contribution is -2.47. The third-order valence-corrected chi connectivity index (χ3v) is 5.40. The molecule has 2 atom stereocenters. The van der Waals surface area contributed by atoms with E-state index in [1.54, 1.807) is 11.3 Å². The third-order valence-electron chi connectivity index (χ3n) is 4.50. The minimum atomic E-state index is 0.368. The lowest BCUT2D eigenvalue weighted by atomic mass is 9.77. The molecule has 0 aromatic carbocycles. The largest absolute Gasteiger partial charge is 0.381 e. The van der Waals surface area contributed by atoms with Gasteiger partial charge in [-0.25, -0.2) is 0 Å². The lowest BCUT2D eigenvalue weighted by molar-refractivity contribution is 0.00225. The van der Waals surface area contributed by atoms with Gasteiger partial charge in [-0.05, 0) is 32.6 Å². The highest BCUT2D eigenvalue weighted by Crippen LogP contribution is 2.47. The first kappa shape index (κ1) is 12.4. The highest BCUT2D eigenvalue weighted by molar-refractivity contribution is 7.15. The number of hydrogen-bond acceptors (Lipinski definition) is 5. The van der Waals surface area contributed by atoms with Gasteiger partial charge >= 0.3 is 0 Å². The van der Waals surface area contributed by atoms with Gasteiger partial charge in [0.15, 0.2) is 0 Å². The van der Waals surface area contributed by atoms with E-state index in [9.17, 15) is 0 Å². The summed E-state index contributed by atoms with van der Waals surface area (Å²) in [6.45, 7) is 4.24. The monoisotopic (exact) mass is 267 g/mol. The second-order valence-electron chi connectivity index (χ2n) is 5.61. The molecule has 5 heteroatoms. The Labute approximate surface area is 112 Å². The molecular weight excluding hydrogens is 246 g/mol. The number of aromatic nitrogens is 2. The zero-order valence-corrected chi connectivity index (χ0v) is 12.0. The molecule has 0 amide bonds. The summed E-state index contributed by atoms with van der Waals surface area (Å²) in [5.74, 6) is 0. The van der Waals surface area contributed by atoms with E-state index in [2.05, 4.69) is 15.1 Å². The van der Waals surface area contributed by atoms with Crippen LogP contribution in [0, 0.1) is 12.3 Å². The standard InChI is InChI=1S/C13H21N3OS/c1-10-14-15-12(18-10)16-8-4-7-13(9-16)6-3-5-11(13)17-2/h11H,3-9H2,1-2H3/t11-,13-/m1/s1. The van der Waals surface area contributed by atoms with Gasteiger partial charge in [0.05, 0.1) is 6.10 Å². The molecule has 1 saturated heterocycles. The second-order valence-corrected chi connectivity index (χ2v) is 6.77. The van der Waals surface area contributed by atoms with Gasteiger partial charge in [0.2, 0.25) is 5.13 Å². The summed E-state index contributed by atoms with van der Waals surface area (Å²) in [6, 6.07) is 0. The highest BCUT2D eigenvalue weighted by Gasteiger charge is 2.46. The van der Waals surface area contributed by atoms with E-state index in [4.69, 9.17) is 4.74 Å². The number of nitrogens with zero attached hydrogens (tertiary/aromatic N) is 3. The van der Waals surface area contributed by atoms with E-state index < -0.39 is 0 Å². The van der Waals surface area contributed by atoms with Gasteiger partial charge in [-0.2, -0.15) is 0 Å². The predicted molar refractivity (Wildman–Crippen MR) is 73.2 cm³/mol. The van der Waals surface area contributed by atoms with Crippen LogP contribution in [0.25, 0.3) is 0 Å².